The van der Waals surface area contributed by atoms with Crippen LogP contribution in [0.4, 0.5) is 11.4 Å². The van der Waals surface area contributed by atoms with E-state index in [1.807, 2.05) is 0 Å². The summed E-state index contributed by atoms with van der Waals surface area (Å²) in [6, 6.07) is 7.09. The lowest BCUT2D eigenvalue weighted by Gasteiger charge is -2.07. The number of ketones is 1. The highest BCUT2D eigenvalue weighted by molar-refractivity contribution is 7.91. The molecule has 0 radical (unpaired) electrons. The van der Waals surface area contributed by atoms with Crippen LogP contribution >= 0.6 is 11.3 Å². The molecule has 1 aromatic heterocycles. The second kappa shape index (κ2) is 6.44. The summed E-state index contributed by atoms with van der Waals surface area (Å²) in [6.45, 7) is 1.52. The van der Waals surface area contributed by atoms with Gasteiger partial charge in [-0.15, -0.1) is 11.3 Å². The Morgan fingerprint density at radius 3 is 2.57 bits per heavy atom. The first-order chi connectivity index (χ1) is 10.7. The number of carbonyl (C=O) groups excluding carboxylic acids is 1. The van der Waals surface area contributed by atoms with Crippen molar-refractivity contribution < 1.29 is 18.1 Å². The van der Waals surface area contributed by atoms with Crippen molar-refractivity contribution in [2.24, 2.45) is 5.14 Å². The van der Waals surface area contributed by atoms with E-state index in [0.29, 0.717) is 4.88 Å². The third-order valence-electron chi connectivity index (χ3n) is 2.97. The van der Waals surface area contributed by atoms with Crippen LogP contribution in [0.1, 0.15) is 22.2 Å². The largest absolute Gasteiger partial charge is 0.375 e. The van der Waals surface area contributed by atoms with Gasteiger partial charge in [0.25, 0.3) is 5.69 Å². The first kappa shape index (κ1) is 17.1. The number of rotatable bonds is 6. The van der Waals surface area contributed by atoms with Crippen LogP contribution in [-0.4, -0.2) is 19.1 Å². The van der Waals surface area contributed by atoms with Crippen LogP contribution in [0.5, 0.6) is 0 Å². The Bertz CT molecular complexity index is 873. The molecular weight excluding hydrogens is 342 g/mol. The number of primary sulfonamides is 1. The first-order valence-corrected chi connectivity index (χ1v) is 8.69. The number of hydrogen-bond acceptors (Lipinski definition) is 7. The van der Waals surface area contributed by atoms with Gasteiger partial charge in [0, 0.05) is 23.1 Å². The average molecular weight is 355 g/mol. The van der Waals surface area contributed by atoms with Gasteiger partial charge in [-0.25, -0.2) is 13.6 Å². The maximum absolute atomic E-state index is 11.3. The van der Waals surface area contributed by atoms with E-state index in [9.17, 15) is 23.3 Å². The monoisotopic (exact) mass is 355 g/mol. The highest BCUT2D eigenvalue weighted by Crippen LogP contribution is 2.27. The summed E-state index contributed by atoms with van der Waals surface area (Å²) in [5.74, 6) is -0.268. The predicted octanol–water partition coefficient (Wildman–Crippen LogP) is 2.12. The Labute approximate surface area is 136 Å². The van der Waals surface area contributed by atoms with E-state index < -0.39 is 14.9 Å². The number of nitro groups is 1. The maximum atomic E-state index is 11.3. The van der Waals surface area contributed by atoms with E-state index in [-0.39, 0.29) is 33.5 Å². The molecule has 1 heterocycles. The smallest absolute Gasteiger partial charge is 0.293 e. The number of nitrogens with two attached hydrogens (primary N) is 1. The number of sulfonamides is 1. The van der Waals surface area contributed by atoms with Crippen molar-refractivity contribution in [3.63, 3.8) is 0 Å². The van der Waals surface area contributed by atoms with E-state index in [4.69, 9.17) is 5.14 Å². The van der Waals surface area contributed by atoms with Gasteiger partial charge in [-0.1, -0.05) is 0 Å². The van der Waals surface area contributed by atoms with Gasteiger partial charge in [0.2, 0.25) is 10.0 Å². The number of Topliss-reactive ketones (excluding diaryl/α,β-unsaturated/α-hetero) is 1. The molecule has 122 valence electrons. The highest BCUT2D eigenvalue weighted by atomic mass is 32.2. The molecule has 0 bridgehead atoms. The lowest BCUT2D eigenvalue weighted by molar-refractivity contribution is -0.384. The number of nitro benzene ring substituents is 1. The third-order valence-corrected chi connectivity index (χ3v) is 5.50. The fourth-order valence-electron chi connectivity index (χ4n) is 1.84. The van der Waals surface area contributed by atoms with Crippen LogP contribution in [0, 0.1) is 10.1 Å². The molecule has 0 spiro atoms. The number of hydrogen-bond donors (Lipinski definition) is 2. The van der Waals surface area contributed by atoms with Gasteiger partial charge < -0.3 is 5.32 Å². The van der Waals surface area contributed by atoms with E-state index >= 15 is 0 Å². The molecule has 0 saturated carbocycles. The zero-order valence-electron chi connectivity index (χ0n) is 12.0. The predicted molar refractivity (Wildman–Crippen MR) is 86.1 cm³/mol. The van der Waals surface area contributed by atoms with Crippen LogP contribution in [0.2, 0.25) is 0 Å². The van der Waals surface area contributed by atoms with E-state index in [1.165, 1.54) is 31.2 Å². The van der Waals surface area contributed by atoms with Gasteiger partial charge in [-0.3, -0.25) is 14.9 Å². The summed E-state index contributed by atoms with van der Waals surface area (Å²) in [5, 5.41) is 19.0. The van der Waals surface area contributed by atoms with Crippen molar-refractivity contribution in [1.82, 2.24) is 0 Å². The van der Waals surface area contributed by atoms with Gasteiger partial charge in [0.05, 0.1) is 4.92 Å². The Hall–Kier alpha value is -2.30. The Balaban J connectivity index is 2.22. The lowest BCUT2D eigenvalue weighted by atomic mass is 10.1. The van der Waals surface area contributed by atoms with E-state index in [1.54, 1.807) is 6.07 Å². The second-order valence-corrected chi connectivity index (χ2v) is 7.62. The minimum atomic E-state index is -3.76. The molecule has 1 aromatic carbocycles. The molecule has 8 nitrogen and oxygen atoms in total. The van der Waals surface area contributed by atoms with E-state index in [2.05, 4.69) is 5.32 Å². The SMILES string of the molecule is CC(=O)c1ccc(NCc2ccc(S(N)(=O)=O)s2)c([N+](=O)[O-])c1. The summed E-state index contributed by atoms with van der Waals surface area (Å²) in [5.41, 5.74) is 0.265. The summed E-state index contributed by atoms with van der Waals surface area (Å²) >= 11 is 0.982. The normalized spacial score (nSPS) is 11.2. The number of nitrogens with one attached hydrogen (secondary N) is 1. The van der Waals surface area contributed by atoms with Crippen LogP contribution in [0.3, 0.4) is 0 Å². The first-order valence-electron chi connectivity index (χ1n) is 6.33. The molecular formula is C13H13N3O5S2. The molecule has 23 heavy (non-hydrogen) atoms. The van der Waals surface area contributed by atoms with Gasteiger partial charge >= 0.3 is 0 Å². The van der Waals surface area contributed by atoms with Crippen LogP contribution < -0.4 is 10.5 Å². The molecule has 0 amide bonds. The summed E-state index contributed by atoms with van der Waals surface area (Å²) < 4.78 is 22.4. The summed E-state index contributed by atoms with van der Waals surface area (Å²) in [4.78, 5) is 22.5. The quantitative estimate of drug-likeness (QED) is 0.463. The molecule has 0 aliphatic carbocycles. The minimum absolute atomic E-state index is 0.0238. The highest BCUT2D eigenvalue weighted by Gasteiger charge is 2.17. The zero-order chi connectivity index (χ0) is 17.2. The van der Waals surface area contributed by atoms with Gasteiger partial charge in [-0.2, -0.15) is 0 Å². The zero-order valence-corrected chi connectivity index (χ0v) is 13.6. The summed E-state index contributed by atoms with van der Waals surface area (Å²) in [6.07, 6.45) is 0. The number of carbonyl (C=O) groups is 1. The molecule has 3 N–H and O–H groups in total. The van der Waals surface area contributed by atoms with Crippen molar-refractivity contribution in [1.29, 1.82) is 0 Å². The van der Waals surface area contributed by atoms with Crippen LogP contribution in [0.25, 0.3) is 0 Å². The number of anilines is 1. The fourth-order valence-corrected chi connectivity index (χ4v) is 3.56. The van der Waals surface area contributed by atoms with Crippen molar-refractivity contribution in [3.05, 3.63) is 50.9 Å². The molecule has 0 aliphatic rings. The third kappa shape index (κ3) is 4.12. The van der Waals surface area contributed by atoms with Crippen molar-refractivity contribution in [2.45, 2.75) is 17.7 Å². The lowest BCUT2D eigenvalue weighted by Crippen LogP contribution is -2.09. The Morgan fingerprint density at radius 2 is 2.04 bits per heavy atom. The molecule has 0 fully saturated rings. The molecule has 2 rings (SSSR count). The second-order valence-electron chi connectivity index (χ2n) is 4.66. The Kier molecular flexibility index (Phi) is 4.78. The molecule has 0 saturated heterocycles. The van der Waals surface area contributed by atoms with Gasteiger partial charge in [0.1, 0.15) is 9.90 Å². The molecule has 0 unspecified atom stereocenters. The van der Waals surface area contributed by atoms with Crippen molar-refractivity contribution in [3.8, 4) is 0 Å². The number of nitrogens with zero attached hydrogens (tertiary/aromatic N) is 1. The number of benzene rings is 1. The van der Waals surface area contributed by atoms with Gasteiger partial charge in [0.15, 0.2) is 5.78 Å². The molecule has 0 atom stereocenters. The van der Waals surface area contributed by atoms with Crippen molar-refractivity contribution in [2.75, 3.05) is 5.32 Å². The maximum Gasteiger partial charge on any atom is 0.293 e. The fraction of sp³-hybridized carbons (Fsp3) is 0.154. The van der Waals surface area contributed by atoms with Gasteiger partial charge in [-0.05, 0) is 31.2 Å². The molecule has 2 aromatic rings. The summed E-state index contributed by atoms with van der Waals surface area (Å²) in [7, 11) is -3.76. The minimum Gasteiger partial charge on any atom is -0.375 e. The topological polar surface area (TPSA) is 132 Å². The number of thiophene rings is 1. The Morgan fingerprint density at radius 1 is 1.35 bits per heavy atom. The standard InChI is InChI=1S/C13H13N3O5S2/c1-8(17)9-2-4-11(12(6-9)16(18)19)15-7-10-3-5-13(22-10)23(14,20)21/h2-6,15H,7H2,1H3,(H2,14,20,21). The van der Waals surface area contributed by atoms with Crippen LogP contribution in [-0.2, 0) is 16.6 Å². The van der Waals surface area contributed by atoms with Crippen molar-refractivity contribution >= 4 is 38.5 Å². The molecule has 10 heteroatoms. The average Bonchev–Trinajstić information content (AvgIpc) is 2.93. The molecule has 0 aliphatic heterocycles. The van der Waals surface area contributed by atoms with E-state index in [0.717, 1.165) is 11.3 Å². The van der Waals surface area contributed by atoms with Crippen LogP contribution in [0.15, 0.2) is 34.5 Å².